The van der Waals surface area contributed by atoms with Crippen molar-refractivity contribution in [3.63, 3.8) is 0 Å². The van der Waals surface area contributed by atoms with Crippen molar-refractivity contribution in [2.75, 3.05) is 31.1 Å². The minimum Gasteiger partial charge on any atom is -0.441 e. The predicted molar refractivity (Wildman–Crippen MR) is 125 cm³/mol. The number of rotatable bonds is 5. The van der Waals surface area contributed by atoms with Crippen molar-refractivity contribution in [2.45, 2.75) is 19.3 Å². The average Bonchev–Trinajstić information content (AvgIpc) is 3.12. The van der Waals surface area contributed by atoms with Crippen molar-refractivity contribution in [3.8, 4) is 17.4 Å². The minimum atomic E-state index is 0.0935. The van der Waals surface area contributed by atoms with Gasteiger partial charge in [0.1, 0.15) is 0 Å². The zero-order valence-electron chi connectivity index (χ0n) is 17.4. The van der Waals surface area contributed by atoms with Crippen molar-refractivity contribution in [1.82, 2.24) is 9.88 Å². The van der Waals surface area contributed by atoms with Gasteiger partial charge in [-0.1, -0.05) is 23.2 Å². The number of hydrogen-bond donors (Lipinski definition) is 0. The molecule has 2 aromatic carbocycles. The normalized spacial score (nSPS) is 14.2. The van der Waals surface area contributed by atoms with Gasteiger partial charge in [0.25, 0.3) is 0 Å². The van der Waals surface area contributed by atoms with E-state index in [9.17, 15) is 4.79 Å². The standard InChI is InChI=1S/C24H22Cl2N4O2/c25-18-4-7-20(21(26)14-18)22-16-28-23(32-22)8-9-24(31)30-11-1-10-29(12-13-30)19-5-2-17(15-27)3-6-19/h2-7,14,16H,1,8-13H2. The first-order chi connectivity index (χ1) is 15.5. The molecule has 0 N–H and O–H groups in total. The van der Waals surface area contributed by atoms with Crippen LogP contribution >= 0.6 is 23.2 Å². The van der Waals surface area contributed by atoms with Gasteiger partial charge in [0.15, 0.2) is 11.7 Å². The second-order valence-electron chi connectivity index (χ2n) is 7.62. The Morgan fingerprint density at radius 1 is 1.09 bits per heavy atom. The van der Waals surface area contributed by atoms with Crippen molar-refractivity contribution in [1.29, 1.82) is 5.26 Å². The van der Waals surface area contributed by atoms with Gasteiger partial charge < -0.3 is 14.2 Å². The van der Waals surface area contributed by atoms with E-state index in [1.807, 2.05) is 29.2 Å². The smallest absolute Gasteiger partial charge is 0.223 e. The first-order valence-corrected chi connectivity index (χ1v) is 11.2. The van der Waals surface area contributed by atoms with Crippen molar-refractivity contribution >= 4 is 34.8 Å². The lowest BCUT2D eigenvalue weighted by atomic mass is 10.2. The van der Waals surface area contributed by atoms with Gasteiger partial charge in [-0.25, -0.2) is 4.98 Å². The zero-order chi connectivity index (χ0) is 22.5. The Kier molecular flexibility index (Phi) is 6.99. The SMILES string of the molecule is N#Cc1ccc(N2CCCN(C(=O)CCc3ncc(-c4ccc(Cl)cc4Cl)o3)CC2)cc1. The number of carbonyl (C=O) groups is 1. The summed E-state index contributed by atoms with van der Waals surface area (Å²) in [7, 11) is 0. The fraction of sp³-hybridized carbons (Fsp3) is 0.292. The van der Waals surface area contributed by atoms with E-state index in [1.165, 1.54) is 0 Å². The summed E-state index contributed by atoms with van der Waals surface area (Å²) in [5, 5.41) is 10.0. The number of nitrogens with zero attached hydrogens (tertiary/aromatic N) is 4. The number of aryl methyl sites for hydroxylation is 1. The van der Waals surface area contributed by atoms with Crippen LogP contribution in [0.1, 0.15) is 24.3 Å². The van der Waals surface area contributed by atoms with Crippen LogP contribution in [0.5, 0.6) is 0 Å². The molecule has 0 radical (unpaired) electrons. The summed E-state index contributed by atoms with van der Waals surface area (Å²) in [5.41, 5.74) is 2.44. The van der Waals surface area contributed by atoms with E-state index in [0.717, 1.165) is 37.3 Å². The quantitative estimate of drug-likeness (QED) is 0.514. The van der Waals surface area contributed by atoms with Gasteiger partial charge in [0.05, 0.1) is 22.9 Å². The average molecular weight is 469 g/mol. The molecule has 4 rings (SSSR count). The second kappa shape index (κ2) is 10.1. The van der Waals surface area contributed by atoms with E-state index in [0.29, 0.717) is 46.6 Å². The highest BCUT2D eigenvalue weighted by molar-refractivity contribution is 6.36. The lowest BCUT2D eigenvalue weighted by molar-refractivity contribution is -0.131. The Labute approximate surface area is 197 Å². The molecule has 2 heterocycles. The third-order valence-corrected chi connectivity index (χ3v) is 6.06. The number of hydrogen-bond acceptors (Lipinski definition) is 5. The van der Waals surface area contributed by atoms with E-state index in [-0.39, 0.29) is 5.91 Å². The molecular formula is C24H22Cl2N4O2. The van der Waals surface area contributed by atoms with Crippen molar-refractivity contribution < 1.29 is 9.21 Å². The van der Waals surface area contributed by atoms with Crippen LogP contribution in [0.2, 0.25) is 10.0 Å². The Bertz CT molecular complexity index is 1140. The number of nitriles is 1. The van der Waals surface area contributed by atoms with Crippen LogP contribution < -0.4 is 4.90 Å². The number of carbonyl (C=O) groups excluding carboxylic acids is 1. The van der Waals surface area contributed by atoms with Crippen molar-refractivity contribution in [3.05, 3.63) is 70.2 Å². The Morgan fingerprint density at radius 3 is 2.66 bits per heavy atom. The van der Waals surface area contributed by atoms with Crippen molar-refractivity contribution in [2.24, 2.45) is 0 Å². The summed E-state index contributed by atoms with van der Waals surface area (Å²) >= 11 is 12.2. The van der Waals surface area contributed by atoms with E-state index >= 15 is 0 Å². The molecule has 1 amide bonds. The van der Waals surface area contributed by atoms with Gasteiger partial charge in [0, 0.05) is 55.3 Å². The molecule has 164 valence electrons. The molecule has 0 atom stereocenters. The summed E-state index contributed by atoms with van der Waals surface area (Å²) in [6.07, 6.45) is 3.28. The van der Waals surface area contributed by atoms with E-state index in [4.69, 9.17) is 32.9 Å². The van der Waals surface area contributed by atoms with E-state index < -0.39 is 0 Å². The first kappa shape index (κ1) is 22.2. The number of oxazole rings is 1. The highest BCUT2D eigenvalue weighted by Gasteiger charge is 2.20. The maximum Gasteiger partial charge on any atom is 0.223 e. The molecule has 0 unspecified atom stereocenters. The number of amides is 1. The third kappa shape index (κ3) is 5.24. The van der Waals surface area contributed by atoms with Crippen LogP contribution in [0.3, 0.4) is 0 Å². The van der Waals surface area contributed by atoms with Gasteiger partial charge in [-0.2, -0.15) is 5.26 Å². The second-order valence-corrected chi connectivity index (χ2v) is 8.47. The van der Waals surface area contributed by atoms with Crippen LogP contribution in [0.15, 0.2) is 53.1 Å². The molecule has 0 bridgehead atoms. The molecule has 6 nitrogen and oxygen atoms in total. The molecular weight excluding hydrogens is 447 g/mol. The van der Waals surface area contributed by atoms with Crippen LogP contribution in [0.4, 0.5) is 5.69 Å². The highest BCUT2D eigenvalue weighted by Crippen LogP contribution is 2.31. The van der Waals surface area contributed by atoms with Gasteiger partial charge in [-0.15, -0.1) is 0 Å². The van der Waals surface area contributed by atoms with Crippen LogP contribution in [0.25, 0.3) is 11.3 Å². The fourth-order valence-electron chi connectivity index (χ4n) is 3.78. The van der Waals surface area contributed by atoms with Crippen LogP contribution in [0, 0.1) is 11.3 Å². The molecule has 3 aromatic rings. The number of aromatic nitrogens is 1. The van der Waals surface area contributed by atoms with Gasteiger partial charge >= 0.3 is 0 Å². The van der Waals surface area contributed by atoms with Gasteiger partial charge in [-0.3, -0.25) is 4.79 Å². The third-order valence-electron chi connectivity index (χ3n) is 5.51. The first-order valence-electron chi connectivity index (χ1n) is 10.5. The molecule has 32 heavy (non-hydrogen) atoms. The molecule has 1 aromatic heterocycles. The summed E-state index contributed by atoms with van der Waals surface area (Å²) in [4.78, 5) is 21.2. The number of benzene rings is 2. The topological polar surface area (TPSA) is 73.4 Å². The van der Waals surface area contributed by atoms with Gasteiger partial charge in [-0.05, 0) is 48.9 Å². The maximum atomic E-state index is 12.8. The summed E-state index contributed by atoms with van der Waals surface area (Å²) < 4.78 is 5.81. The molecule has 0 saturated carbocycles. The fourth-order valence-corrected chi connectivity index (χ4v) is 4.29. The summed E-state index contributed by atoms with van der Waals surface area (Å²) in [5.74, 6) is 1.16. The largest absolute Gasteiger partial charge is 0.441 e. The molecule has 1 fully saturated rings. The Morgan fingerprint density at radius 2 is 1.91 bits per heavy atom. The Hall–Kier alpha value is -3.01. The zero-order valence-corrected chi connectivity index (χ0v) is 18.9. The molecule has 0 aliphatic carbocycles. The van der Waals surface area contributed by atoms with Crippen LogP contribution in [-0.2, 0) is 11.2 Å². The minimum absolute atomic E-state index is 0.0935. The molecule has 1 saturated heterocycles. The molecule has 1 aliphatic rings. The van der Waals surface area contributed by atoms with Gasteiger partial charge in [0.2, 0.25) is 5.91 Å². The van der Waals surface area contributed by atoms with E-state index in [1.54, 1.807) is 24.4 Å². The Balaban J connectivity index is 1.31. The molecule has 1 aliphatic heterocycles. The predicted octanol–water partition coefficient (Wildman–Crippen LogP) is 5.19. The summed E-state index contributed by atoms with van der Waals surface area (Å²) in [6, 6.07) is 14.9. The van der Waals surface area contributed by atoms with Crippen LogP contribution in [-0.4, -0.2) is 42.0 Å². The van der Waals surface area contributed by atoms with E-state index in [2.05, 4.69) is 16.0 Å². The summed E-state index contributed by atoms with van der Waals surface area (Å²) in [6.45, 7) is 3.02. The number of halogens is 2. The lowest BCUT2D eigenvalue weighted by Gasteiger charge is -2.23. The monoisotopic (exact) mass is 468 g/mol. The highest BCUT2D eigenvalue weighted by atomic mass is 35.5. The molecule has 8 heteroatoms. The maximum absolute atomic E-state index is 12.8. The lowest BCUT2D eigenvalue weighted by Crippen LogP contribution is -2.35. The molecule has 0 spiro atoms. The number of anilines is 1.